The van der Waals surface area contributed by atoms with Crippen molar-refractivity contribution < 1.29 is 23.6 Å². The van der Waals surface area contributed by atoms with E-state index in [0.29, 0.717) is 43.5 Å². The molecule has 2 aromatic heterocycles. The molecule has 1 N–H and O–H groups in total. The van der Waals surface area contributed by atoms with Gasteiger partial charge >= 0.3 is 12.2 Å². The lowest BCUT2D eigenvalue weighted by atomic mass is 9.76. The predicted molar refractivity (Wildman–Crippen MR) is 172 cm³/mol. The summed E-state index contributed by atoms with van der Waals surface area (Å²) in [6.07, 6.45) is 11.2. The predicted octanol–water partition coefficient (Wildman–Crippen LogP) is 7.27. The van der Waals surface area contributed by atoms with Crippen LogP contribution in [0.1, 0.15) is 115 Å². The first-order chi connectivity index (χ1) is 21.8. The summed E-state index contributed by atoms with van der Waals surface area (Å²) in [5.41, 5.74) is 0.893. The van der Waals surface area contributed by atoms with Crippen molar-refractivity contribution in [2.45, 2.75) is 102 Å². The maximum atomic E-state index is 13.1. The van der Waals surface area contributed by atoms with Crippen molar-refractivity contribution in [3.05, 3.63) is 83.6 Å². The lowest BCUT2D eigenvalue weighted by molar-refractivity contribution is 0.0195. The number of hydrogen-bond donors (Lipinski definition) is 1. The number of likely N-dealkylation sites (tertiary alicyclic amines) is 2. The number of H-pyrrole nitrogens is 1. The molecule has 2 saturated heterocycles. The van der Waals surface area contributed by atoms with E-state index in [0.717, 1.165) is 36.1 Å². The minimum Gasteiger partial charge on any atom is -0.444 e. The van der Waals surface area contributed by atoms with Gasteiger partial charge in [0, 0.05) is 19.3 Å². The summed E-state index contributed by atoms with van der Waals surface area (Å²) in [5, 5.41) is 4.51. The third-order valence-corrected chi connectivity index (χ3v) is 8.56. The highest BCUT2D eigenvalue weighted by molar-refractivity contribution is 5.76. The molecule has 11 nitrogen and oxygen atoms in total. The molecule has 0 bridgehead atoms. The second kappa shape index (κ2) is 12.1. The van der Waals surface area contributed by atoms with Crippen molar-refractivity contribution in [1.82, 2.24) is 29.9 Å². The van der Waals surface area contributed by atoms with E-state index in [2.05, 4.69) is 40.5 Å². The zero-order valence-electron chi connectivity index (χ0n) is 27.6. The molecule has 1 aliphatic carbocycles. The van der Waals surface area contributed by atoms with E-state index in [-0.39, 0.29) is 24.3 Å². The number of rotatable bonds is 5. The van der Waals surface area contributed by atoms with Crippen molar-refractivity contribution in [3.63, 3.8) is 0 Å². The molecule has 11 heteroatoms. The zero-order valence-corrected chi connectivity index (χ0v) is 27.6. The topological polar surface area (TPSA) is 127 Å². The summed E-state index contributed by atoms with van der Waals surface area (Å²) in [5.74, 6) is 1.54. The fraction of sp³-hybridized carbons (Fsp3) is 0.514. The number of carbonyl (C=O) groups excluding carboxylic acids is 2. The van der Waals surface area contributed by atoms with E-state index < -0.39 is 16.6 Å². The van der Waals surface area contributed by atoms with Crippen LogP contribution < -0.4 is 0 Å². The molecule has 6 rings (SSSR count). The smallest absolute Gasteiger partial charge is 0.410 e. The van der Waals surface area contributed by atoms with Crippen LogP contribution in [-0.4, -0.2) is 66.4 Å². The Morgan fingerprint density at radius 2 is 1.54 bits per heavy atom. The Bertz CT molecular complexity index is 1540. The summed E-state index contributed by atoms with van der Waals surface area (Å²) in [6, 6.07) is 9.61. The van der Waals surface area contributed by atoms with Gasteiger partial charge in [0.2, 0.25) is 5.89 Å². The molecule has 46 heavy (non-hydrogen) atoms. The first-order valence-corrected chi connectivity index (χ1v) is 16.2. The Labute approximate surface area is 270 Å². The highest BCUT2D eigenvalue weighted by Crippen LogP contribution is 2.42. The van der Waals surface area contributed by atoms with Crippen LogP contribution in [0.4, 0.5) is 9.59 Å². The monoisotopic (exact) mass is 628 g/mol. The number of aromatic nitrogens is 4. The summed E-state index contributed by atoms with van der Waals surface area (Å²) in [6.45, 7) is 12.3. The molecule has 1 unspecified atom stereocenters. The van der Waals surface area contributed by atoms with Crippen molar-refractivity contribution in [1.29, 1.82) is 0 Å². The van der Waals surface area contributed by atoms with Crippen molar-refractivity contribution in [2.24, 2.45) is 0 Å². The van der Waals surface area contributed by atoms with Crippen molar-refractivity contribution in [3.8, 4) is 0 Å². The highest BCUT2D eigenvalue weighted by atomic mass is 16.6. The third kappa shape index (κ3) is 6.45. The first-order valence-electron chi connectivity index (χ1n) is 16.2. The van der Waals surface area contributed by atoms with Crippen LogP contribution in [0.15, 0.2) is 59.3 Å². The molecular formula is C35H44N6O5. The lowest BCUT2D eigenvalue weighted by Gasteiger charge is -2.29. The minimum absolute atomic E-state index is 0.231. The van der Waals surface area contributed by atoms with Crippen LogP contribution in [0.3, 0.4) is 0 Å². The molecule has 3 aliphatic rings. The second-order valence-corrected chi connectivity index (χ2v) is 14.3. The maximum absolute atomic E-state index is 13.1. The largest absolute Gasteiger partial charge is 0.444 e. The number of allylic oxidation sites excluding steroid dienone is 4. The van der Waals surface area contributed by atoms with Gasteiger partial charge in [0.25, 0.3) is 0 Å². The number of imidazole rings is 1. The average Bonchev–Trinajstić information content (AvgIpc) is 3.82. The second-order valence-electron chi connectivity index (χ2n) is 14.3. The summed E-state index contributed by atoms with van der Waals surface area (Å²) >= 11 is 0. The minimum atomic E-state index is -0.834. The highest BCUT2D eigenvalue weighted by Gasteiger charge is 2.44. The van der Waals surface area contributed by atoms with E-state index in [1.807, 2.05) is 65.9 Å². The number of carbonyl (C=O) groups is 2. The molecule has 2 fully saturated rings. The number of benzene rings is 1. The van der Waals surface area contributed by atoms with Gasteiger partial charge in [-0.2, -0.15) is 4.98 Å². The normalized spacial score (nSPS) is 23.5. The standard InChI is InChI=1S/C35H44N6O5/c1-33(2,3)44-31(42)40-20-10-14-25(40)28-36-22-27(37-28)35(18-16-24(17-19-35)23-12-8-7-9-13-23)30-38-29(46-39-30)26-15-11-21-41(26)32(43)45-34(4,5)6/h7-9,12-13,16-18,22,25-26H,10-11,14-15,19-21H2,1-6H3,(H,36,37)/t25-,26-,35?/m0/s1. The van der Waals surface area contributed by atoms with Gasteiger partial charge in [0.15, 0.2) is 5.82 Å². The van der Waals surface area contributed by atoms with Gasteiger partial charge in [-0.25, -0.2) is 14.6 Å². The van der Waals surface area contributed by atoms with Crippen LogP contribution >= 0.6 is 0 Å². The van der Waals surface area contributed by atoms with E-state index in [4.69, 9.17) is 24.0 Å². The van der Waals surface area contributed by atoms with E-state index in [1.165, 1.54) is 0 Å². The zero-order chi connectivity index (χ0) is 32.7. The van der Waals surface area contributed by atoms with Crippen LogP contribution in [-0.2, 0) is 14.9 Å². The average molecular weight is 629 g/mol. The van der Waals surface area contributed by atoms with Crippen molar-refractivity contribution >= 4 is 17.8 Å². The van der Waals surface area contributed by atoms with E-state index in [1.54, 1.807) is 9.80 Å². The van der Waals surface area contributed by atoms with Gasteiger partial charge in [-0.3, -0.25) is 9.80 Å². The summed E-state index contributed by atoms with van der Waals surface area (Å²) in [4.78, 5) is 42.9. The molecule has 1 aromatic carbocycles. The van der Waals surface area contributed by atoms with Gasteiger partial charge < -0.3 is 19.0 Å². The molecule has 0 saturated carbocycles. The third-order valence-electron chi connectivity index (χ3n) is 8.56. The van der Waals surface area contributed by atoms with Gasteiger partial charge in [-0.05, 0) is 84.8 Å². The molecule has 2 amide bonds. The fourth-order valence-electron chi connectivity index (χ4n) is 6.39. The molecule has 3 aromatic rings. The number of aromatic amines is 1. The lowest BCUT2D eigenvalue weighted by Crippen LogP contribution is -2.36. The van der Waals surface area contributed by atoms with E-state index >= 15 is 0 Å². The van der Waals surface area contributed by atoms with Crippen LogP contribution in [0.2, 0.25) is 0 Å². The Kier molecular flexibility index (Phi) is 8.29. The molecular weight excluding hydrogens is 584 g/mol. The molecule has 3 atom stereocenters. The number of amides is 2. The van der Waals surface area contributed by atoms with Gasteiger partial charge in [0.1, 0.15) is 23.1 Å². The van der Waals surface area contributed by atoms with Gasteiger partial charge in [-0.1, -0.05) is 53.7 Å². The quantitative estimate of drug-likeness (QED) is 0.313. The van der Waals surface area contributed by atoms with Crippen LogP contribution in [0.25, 0.3) is 5.57 Å². The molecule has 2 aliphatic heterocycles. The van der Waals surface area contributed by atoms with Gasteiger partial charge in [-0.15, -0.1) is 0 Å². The number of ether oxygens (including phenoxy) is 2. The van der Waals surface area contributed by atoms with Gasteiger partial charge in [0.05, 0.1) is 17.2 Å². The van der Waals surface area contributed by atoms with E-state index in [9.17, 15) is 9.59 Å². The maximum Gasteiger partial charge on any atom is 0.410 e. The fourth-order valence-corrected chi connectivity index (χ4v) is 6.39. The summed E-state index contributed by atoms with van der Waals surface area (Å²) < 4.78 is 17.3. The molecule has 4 heterocycles. The SMILES string of the molecule is CC(C)(C)OC(=O)N1CCC[C@H]1c1nc(C2(c3noc([C@@H]4CCCN4C(=O)OC(C)(C)C)n3)C=CC(c3ccccc3)=CC2)c[nH]1. The number of hydrogen-bond acceptors (Lipinski definition) is 8. The number of nitrogens with one attached hydrogen (secondary N) is 1. The Morgan fingerprint density at radius 1 is 0.913 bits per heavy atom. The Hall–Kier alpha value is -4.41. The number of nitrogens with zero attached hydrogens (tertiary/aromatic N) is 5. The van der Waals surface area contributed by atoms with Crippen molar-refractivity contribution in [2.75, 3.05) is 13.1 Å². The molecule has 0 radical (unpaired) electrons. The molecule has 0 spiro atoms. The Morgan fingerprint density at radius 3 is 2.15 bits per heavy atom. The summed E-state index contributed by atoms with van der Waals surface area (Å²) in [7, 11) is 0. The Balaban J connectivity index is 1.33. The molecule has 244 valence electrons. The first kappa shape index (κ1) is 31.6. The van der Waals surface area contributed by atoms with Crippen LogP contribution in [0, 0.1) is 0 Å². The van der Waals surface area contributed by atoms with Crippen LogP contribution in [0.5, 0.6) is 0 Å².